The Morgan fingerprint density at radius 2 is 1.67 bits per heavy atom. The summed E-state index contributed by atoms with van der Waals surface area (Å²) in [4.78, 5) is 47.3. The summed E-state index contributed by atoms with van der Waals surface area (Å²) in [6.07, 6.45) is -1.72. The Hall–Kier alpha value is -4.94. The zero-order chi connectivity index (χ0) is 28.6. The highest BCUT2D eigenvalue weighted by atomic mass is 19.4. The monoisotopic (exact) mass is 543 g/mol. The fourth-order valence-corrected chi connectivity index (χ4v) is 3.50. The van der Waals surface area contributed by atoms with E-state index < -0.39 is 30.1 Å². The van der Waals surface area contributed by atoms with Crippen molar-refractivity contribution < 1.29 is 37.8 Å². The Morgan fingerprint density at radius 1 is 1.03 bits per heavy atom. The second-order valence-corrected chi connectivity index (χ2v) is 8.09. The number of aromatic nitrogens is 3. The Labute approximate surface area is 220 Å². The number of amides is 1. The molecule has 0 aliphatic carbocycles. The van der Waals surface area contributed by atoms with Crippen LogP contribution in [0.1, 0.15) is 17.3 Å². The van der Waals surface area contributed by atoms with Gasteiger partial charge in [-0.05, 0) is 49.4 Å². The zero-order valence-corrected chi connectivity index (χ0v) is 20.5. The molecule has 2 aromatic carbocycles. The largest absolute Gasteiger partial charge is 0.490 e. The van der Waals surface area contributed by atoms with E-state index in [2.05, 4.69) is 20.3 Å². The fraction of sp³-hybridized carbons (Fsp3) is 0.192. The molecule has 0 bridgehead atoms. The Morgan fingerprint density at radius 3 is 2.23 bits per heavy atom. The van der Waals surface area contributed by atoms with E-state index in [1.54, 1.807) is 30.6 Å². The molecule has 0 fully saturated rings. The lowest BCUT2D eigenvalue weighted by Crippen LogP contribution is -2.48. The number of carbonyl (C=O) groups excluding carboxylic acids is 1. The molecule has 4 aromatic rings. The molecule has 13 heteroatoms. The summed E-state index contributed by atoms with van der Waals surface area (Å²) in [5, 5.41) is 19.5. The lowest BCUT2D eigenvalue weighted by atomic mass is 10.1. The number of aliphatic carboxylic acids is 2. The smallest absolute Gasteiger partial charge is 0.480 e. The van der Waals surface area contributed by atoms with Gasteiger partial charge in [0.05, 0.1) is 11.0 Å². The number of hydrogen-bond donors (Lipinski definition) is 4. The number of para-hydroxylation sites is 1. The molecule has 0 aliphatic rings. The number of halogens is 3. The summed E-state index contributed by atoms with van der Waals surface area (Å²) in [6, 6.07) is 17.2. The maximum Gasteiger partial charge on any atom is 0.490 e. The minimum atomic E-state index is -5.08. The van der Waals surface area contributed by atoms with Crippen LogP contribution in [0.2, 0.25) is 0 Å². The second-order valence-electron chi connectivity index (χ2n) is 8.09. The maximum atomic E-state index is 12.9. The molecular weight excluding hydrogens is 519 g/mol. The molecule has 10 nitrogen and oxygen atoms in total. The predicted octanol–water partition coefficient (Wildman–Crippen LogP) is 3.97. The highest BCUT2D eigenvalue weighted by Gasteiger charge is 2.38. The minimum absolute atomic E-state index is 0.153. The number of benzene rings is 2. The average molecular weight is 544 g/mol. The van der Waals surface area contributed by atoms with Gasteiger partial charge in [-0.1, -0.05) is 18.2 Å². The molecule has 0 aliphatic heterocycles. The number of imidazole rings is 1. The molecule has 204 valence electrons. The number of nitrogens with one attached hydrogen (secondary N) is 2. The van der Waals surface area contributed by atoms with E-state index in [0.29, 0.717) is 29.0 Å². The number of fused-ring (bicyclic) bond motifs is 1. The topological polar surface area (TPSA) is 149 Å². The number of carbonyl (C=O) groups is 3. The van der Waals surface area contributed by atoms with Crippen molar-refractivity contribution in [1.29, 1.82) is 0 Å². The van der Waals surface area contributed by atoms with Gasteiger partial charge in [-0.15, -0.1) is 0 Å². The van der Waals surface area contributed by atoms with Gasteiger partial charge in [0, 0.05) is 42.3 Å². The third-order valence-corrected chi connectivity index (χ3v) is 5.45. The third kappa shape index (κ3) is 7.77. The van der Waals surface area contributed by atoms with Crippen molar-refractivity contribution in [2.45, 2.75) is 19.1 Å². The molecule has 0 saturated carbocycles. The number of anilines is 1. The number of pyridine rings is 1. The summed E-state index contributed by atoms with van der Waals surface area (Å²) in [5.41, 5.74) is 3.54. The maximum absolute atomic E-state index is 12.9. The number of carboxylic acids is 2. The van der Waals surface area contributed by atoms with Crippen LogP contribution >= 0.6 is 0 Å². The molecule has 0 radical (unpaired) electrons. The summed E-state index contributed by atoms with van der Waals surface area (Å²) in [7, 11) is 0. The number of alkyl halides is 3. The first-order valence-electron chi connectivity index (χ1n) is 11.5. The first-order valence-corrected chi connectivity index (χ1v) is 11.5. The Balaban J connectivity index is 0.000000532. The van der Waals surface area contributed by atoms with Gasteiger partial charge < -0.3 is 25.4 Å². The average Bonchev–Trinajstić information content (AvgIpc) is 3.35. The van der Waals surface area contributed by atoms with Crippen LogP contribution in [0.3, 0.4) is 0 Å². The number of hydrogen-bond acceptors (Lipinski definition) is 6. The highest BCUT2D eigenvalue weighted by Crippen LogP contribution is 2.21. The normalized spacial score (nSPS) is 11.7. The Kier molecular flexibility index (Phi) is 9.20. The van der Waals surface area contributed by atoms with E-state index >= 15 is 0 Å². The van der Waals surface area contributed by atoms with Crippen LogP contribution in [0.5, 0.6) is 0 Å². The quantitative estimate of drug-likeness (QED) is 0.261. The highest BCUT2D eigenvalue weighted by molar-refractivity contribution is 5.99. The summed E-state index contributed by atoms with van der Waals surface area (Å²) >= 11 is 0. The van der Waals surface area contributed by atoms with Crippen LogP contribution in [0.4, 0.5) is 18.9 Å². The number of rotatable bonds is 8. The van der Waals surface area contributed by atoms with Gasteiger partial charge in [0.15, 0.2) is 0 Å². The molecule has 2 aromatic heterocycles. The Bertz CT molecular complexity index is 1430. The lowest BCUT2D eigenvalue weighted by Gasteiger charge is -2.27. The number of carboxylic acid groups (broad SMARTS) is 2. The minimum Gasteiger partial charge on any atom is -0.480 e. The first kappa shape index (κ1) is 28.6. The van der Waals surface area contributed by atoms with E-state index in [1.807, 2.05) is 54.3 Å². The van der Waals surface area contributed by atoms with Crippen molar-refractivity contribution in [1.82, 2.24) is 20.3 Å². The molecule has 4 rings (SSSR count). The molecular formula is C26H24F3N5O5. The van der Waals surface area contributed by atoms with Gasteiger partial charge in [-0.25, -0.2) is 14.6 Å². The van der Waals surface area contributed by atoms with Crippen LogP contribution in [-0.2, 0) is 9.59 Å². The van der Waals surface area contributed by atoms with Crippen molar-refractivity contribution in [3.8, 4) is 11.4 Å². The summed E-state index contributed by atoms with van der Waals surface area (Å²) in [6.45, 7) is 2.71. The van der Waals surface area contributed by atoms with Crippen LogP contribution in [-0.4, -0.2) is 68.3 Å². The van der Waals surface area contributed by atoms with E-state index in [0.717, 1.165) is 11.3 Å². The van der Waals surface area contributed by atoms with E-state index in [1.165, 1.54) is 0 Å². The van der Waals surface area contributed by atoms with Crippen LogP contribution < -0.4 is 10.2 Å². The van der Waals surface area contributed by atoms with Gasteiger partial charge in [0.25, 0.3) is 5.91 Å². The van der Waals surface area contributed by atoms with Crippen molar-refractivity contribution in [2.24, 2.45) is 0 Å². The van der Waals surface area contributed by atoms with E-state index in [-0.39, 0.29) is 6.54 Å². The van der Waals surface area contributed by atoms with E-state index in [4.69, 9.17) is 9.90 Å². The van der Waals surface area contributed by atoms with Crippen molar-refractivity contribution in [2.75, 3.05) is 18.0 Å². The molecule has 1 atom stereocenters. The van der Waals surface area contributed by atoms with Gasteiger partial charge in [0.1, 0.15) is 11.9 Å². The number of aromatic amines is 1. The van der Waals surface area contributed by atoms with Gasteiger partial charge in [-0.3, -0.25) is 9.78 Å². The van der Waals surface area contributed by atoms with Gasteiger partial charge in [0.2, 0.25) is 0 Å². The van der Waals surface area contributed by atoms with Crippen molar-refractivity contribution in [3.63, 3.8) is 0 Å². The molecule has 0 unspecified atom stereocenters. The van der Waals surface area contributed by atoms with Gasteiger partial charge in [-0.2, -0.15) is 13.2 Å². The first-order chi connectivity index (χ1) is 18.5. The lowest BCUT2D eigenvalue weighted by molar-refractivity contribution is -0.192. The van der Waals surface area contributed by atoms with Gasteiger partial charge >= 0.3 is 18.1 Å². The number of H-pyrrole nitrogens is 1. The van der Waals surface area contributed by atoms with Crippen LogP contribution in [0.25, 0.3) is 22.4 Å². The number of likely N-dealkylation sites (N-methyl/N-ethyl adjacent to an activating group) is 1. The predicted molar refractivity (Wildman–Crippen MR) is 136 cm³/mol. The molecule has 2 heterocycles. The van der Waals surface area contributed by atoms with Crippen molar-refractivity contribution in [3.05, 3.63) is 78.6 Å². The van der Waals surface area contributed by atoms with Crippen molar-refractivity contribution >= 4 is 34.6 Å². The van der Waals surface area contributed by atoms with Crippen LogP contribution in [0.15, 0.2) is 73.1 Å². The molecule has 0 saturated heterocycles. The third-order valence-electron chi connectivity index (χ3n) is 5.45. The SMILES string of the molecule is CCN(C[C@H](NC(=O)c1ccc2nc(-c3ccncc3)[nH]c2c1)C(=O)O)c1ccccc1.O=C(O)C(F)(F)F. The number of nitrogens with zero attached hydrogens (tertiary/aromatic N) is 3. The molecule has 39 heavy (non-hydrogen) atoms. The molecule has 4 N–H and O–H groups in total. The molecule has 1 amide bonds. The van der Waals surface area contributed by atoms with E-state index in [9.17, 15) is 27.9 Å². The standard InChI is InChI=1S/C24H23N5O3.C2HF3O2/c1-2-29(18-6-4-3-5-7-18)15-21(24(31)32)28-23(30)17-8-9-19-20(14-17)27-22(26-19)16-10-12-25-13-11-16;3-2(4,5)1(6)7/h3-14,21H,2,15H2,1H3,(H,26,27)(H,28,30)(H,31,32);(H,6,7)/t21-;/m0./s1. The fourth-order valence-electron chi connectivity index (χ4n) is 3.50. The second kappa shape index (κ2) is 12.5. The molecule has 0 spiro atoms. The summed E-state index contributed by atoms with van der Waals surface area (Å²) < 4.78 is 31.7. The zero-order valence-electron chi connectivity index (χ0n) is 20.5. The van der Waals surface area contributed by atoms with Crippen LogP contribution in [0, 0.1) is 0 Å². The summed E-state index contributed by atoms with van der Waals surface area (Å²) in [5.74, 6) is -3.63.